The van der Waals surface area contributed by atoms with Crippen molar-refractivity contribution < 1.29 is 38.1 Å². The van der Waals surface area contributed by atoms with Gasteiger partial charge in [0.2, 0.25) is 0 Å². The number of ether oxygens (including phenoxy) is 5. The average molecular weight is 383 g/mol. The molecule has 0 spiro atoms. The number of methoxy groups -OCH3 is 1. The number of carbonyl (C=O) groups is 3. The molecule has 3 atom stereocenters. The predicted octanol–water partition coefficient (Wildman–Crippen LogP) is 2.04. The third kappa shape index (κ3) is 5.08. The molecule has 0 radical (unpaired) electrons. The topological polar surface area (TPSA) is 113 Å². The molecule has 150 valence electrons. The van der Waals surface area contributed by atoms with Crippen LogP contribution in [0.5, 0.6) is 0 Å². The van der Waals surface area contributed by atoms with Gasteiger partial charge < -0.3 is 28.7 Å². The fraction of sp³-hybridized carbons (Fsp3) is 0.611. The van der Waals surface area contributed by atoms with Crippen molar-refractivity contribution in [3.63, 3.8) is 0 Å². The van der Waals surface area contributed by atoms with Crippen LogP contribution >= 0.6 is 0 Å². The number of H-pyrrole nitrogens is 1. The zero-order valence-electron chi connectivity index (χ0n) is 16.1. The summed E-state index contributed by atoms with van der Waals surface area (Å²) < 4.78 is 27.0. The van der Waals surface area contributed by atoms with Crippen LogP contribution in [0.4, 0.5) is 0 Å². The zero-order valence-corrected chi connectivity index (χ0v) is 16.1. The summed E-state index contributed by atoms with van der Waals surface area (Å²) in [4.78, 5) is 37.9. The highest BCUT2D eigenvalue weighted by Crippen LogP contribution is 2.41. The van der Waals surface area contributed by atoms with E-state index in [1.807, 2.05) is 13.8 Å². The minimum Gasteiger partial charge on any atom is -0.464 e. The third-order valence-electron chi connectivity index (χ3n) is 3.84. The Morgan fingerprint density at radius 2 is 1.93 bits per heavy atom. The van der Waals surface area contributed by atoms with Gasteiger partial charge in [-0.3, -0.25) is 9.59 Å². The first-order valence-electron chi connectivity index (χ1n) is 8.61. The second-order valence-corrected chi connectivity index (χ2v) is 6.59. The van der Waals surface area contributed by atoms with Crippen LogP contribution < -0.4 is 0 Å². The van der Waals surface area contributed by atoms with E-state index < -0.39 is 36.4 Å². The molecule has 0 bridgehead atoms. The van der Waals surface area contributed by atoms with Gasteiger partial charge in [-0.15, -0.1) is 0 Å². The highest BCUT2D eigenvalue weighted by molar-refractivity contribution is 5.90. The van der Waals surface area contributed by atoms with Crippen molar-refractivity contribution in [1.29, 1.82) is 0 Å². The van der Waals surface area contributed by atoms with Gasteiger partial charge in [-0.05, 0) is 5.92 Å². The van der Waals surface area contributed by atoms with Gasteiger partial charge in [0.05, 0.1) is 13.7 Å². The lowest BCUT2D eigenvalue weighted by Gasteiger charge is -2.36. The molecule has 2 heterocycles. The van der Waals surface area contributed by atoms with Gasteiger partial charge in [0.15, 0.2) is 12.4 Å². The van der Waals surface area contributed by atoms with E-state index >= 15 is 0 Å². The molecule has 0 aromatic carbocycles. The Balaban J connectivity index is 2.45. The van der Waals surface area contributed by atoms with Crippen molar-refractivity contribution in [2.24, 2.45) is 5.92 Å². The summed E-state index contributed by atoms with van der Waals surface area (Å²) in [7, 11) is 1.25. The van der Waals surface area contributed by atoms with E-state index in [0.29, 0.717) is 17.7 Å². The quantitative estimate of drug-likeness (QED) is 0.562. The SMILES string of the molecule is COC(=O)c1[nH]cc2c1[C@H](OC(C)=O)[C@@H](COC(C)=O)O[C@@H]2OCC(C)C. The highest BCUT2D eigenvalue weighted by Gasteiger charge is 2.43. The van der Waals surface area contributed by atoms with Crippen LogP contribution in [0.2, 0.25) is 0 Å². The first-order chi connectivity index (χ1) is 12.7. The summed E-state index contributed by atoms with van der Waals surface area (Å²) in [6.45, 7) is 6.71. The standard InChI is InChI=1S/C18H25NO8/c1-9(2)7-25-18-12-6-19-15(17(22)23-5)14(12)16(26-11(4)21)13(27-18)8-24-10(3)20/h6,9,13,16,18-19H,7-8H2,1-5H3/t13-,16-,18+/m1/s1. The molecule has 9 heteroatoms. The Labute approximate surface area is 157 Å². The molecule has 0 unspecified atom stereocenters. The van der Waals surface area contributed by atoms with E-state index in [-0.39, 0.29) is 18.2 Å². The van der Waals surface area contributed by atoms with Gasteiger partial charge in [0.25, 0.3) is 0 Å². The minimum atomic E-state index is -0.962. The Morgan fingerprint density at radius 3 is 2.48 bits per heavy atom. The predicted molar refractivity (Wildman–Crippen MR) is 91.7 cm³/mol. The summed E-state index contributed by atoms with van der Waals surface area (Å²) in [6.07, 6.45) is -1.06. The second-order valence-electron chi connectivity index (χ2n) is 6.59. The Bertz CT molecular complexity index is 696. The van der Waals surface area contributed by atoms with Gasteiger partial charge in [-0.1, -0.05) is 13.8 Å². The molecular weight excluding hydrogens is 358 g/mol. The monoisotopic (exact) mass is 383 g/mol. The first-order valence-corrected chi connectivity index (χ1v) is 8.61. The molecule has 1 aliphatic heterocycles. The number of aromatic nitrogens is 1. The molecule has 0 saturated heterocycles. The maximum Gasteiger partial charge on any atom is 0.354 e. The number of fused-ring (bicyclic) bond motifs is 1. The summed E-state index contributed by atoms with van der Waals surface area (Å²) in [5.74, 6) is -1.45. The van der Waals surface area contributed by atoms with E-state index in [1.165, 1.54) is 21.0 Å². The van der Waals surface area contributed by atoms with Crippen LogP contribution in [0.1, 0.15) is 61.7 Å². The summed E-state index contributed by atoms with van der Waals surface area (Å²) in [5.41, 5.74) is 1.06. The number of esters is 3. The van der Waals surface area contributed by atoms with Crippen LogP contribution in [0.25, 0.3) is 0 Å². The smallest absolute Gasteiger partial charge is 0.354 e. The number of hydrogen-bond donors (Lipinski definition) is 1. The van der Waals surface area contributed by atoms with Crippen LogP contribution in [0, 0.1) is 5.92 Å². The van der Waals surface area contributed by atoms with Crippen molar-refractivity contribution in [3.8, 4) is 0 Å². The number of carbonyl (C=O) groups excluding carboxylic acids is 3. The van der Waals surface area contributed by atoms with Crippen LogP contribution in [0.15, 0.2) is 6.20 Å². The van der Waals surface area contributed by atoms with Crippen LogP contribution in [0.3, 0.4) is 0 Å². The van der Waals surface area contributed by atoms with Gasteiger partial charge in [0, 0.05) is 31.2 Å². The molecule has 0 amide bonds. The molecule has 27 heavy (non-hydrogen) atoms. The zero-order chi connectivity index (χ0) is 20.1. The van der Waals surface area contributed by atoms with E-state index in [9.17, 15) is 14.4 Å². The molecule has 9 nitrogen and oxygen atoms in total. The lowest BCUT2D eigenvalue weighted by atomic mass is 9.96. The Morgan fingerprint density at radius 1 is 1.22 bits per heavy atom. The summed E-state index contributed by atoms with van der Waals surface area (Å²) in [6, 6.07) is 0. The molecular formula is C18H25NO8. The Kier molecular flexibility index (Phi) is 6.98. The summed E-state index contributed by atoms with van der Waals surface area (Å²) >= 11 is 0. The summed E-state index contributed by atoms with van der Waals surface area (Å²) in [5, 5.41) is 0. The highest BCUT2D eigenvalue weighted by atomic mass is 16.7. The lowest BCUT2D eigenvalue weighted by molar-refractivity contribution is -0.230. The third-order valence-corrected chi connectivity index (χ3v) is 3.84. The van der Waals surface area contributed by atoms with E-state index in [4.69, 9.17) is 23.7 Å². The number of rotatable bonds is 7. The van der Waals surface area contributed by atoms with Gasteiger partial charge >= 0.3 is 17.9 Å². The number of aromatic amines is 1. The molecule has 0 saturated carbocycles. The molecule has 2 rings (SSSR count). The van der Waals surface area contributed by atoms with Crippen LogP contribution in [-0.2, 0) is 33.3 Å². The van der Waals surface area contributed by atoms with E-state index in [1.54, 1.807) is 6.20 Å². The van der Waals surface area contributed by atoms with Crippen LogP contribution in [-0.4, -0.2) is 49.3 Å². The maximum absolute atomic E-state index is 12.2. The number of nitrogens with one attached hydrogen (secondary N) is 1. The molecule has 1 aliphatic rings. The fourth-order valence-corrected chi connectivity index (χ4v) is 2.76. The molecule has 0 fully saturated rings. The van der Waals surface area contributed by atoms with Crippen molar-refractivity contribution in [1.82, 2.24) is 4.98 Å². The molecule has 1 aromatic heterocycles. The molecule has 1 aromatic rings. The Hall–Kier alpha value is -2.39. The second kappa shape index (κ2) is 9.01. The average Bonchev–Trinajstić information content (AvgIpc) is 3.03. The lowest BCUT2D eigenvalue weighted by Crippen LogP contribution is -2.38. The van der Waals surface area contributed by atoms with Crippen molar-refractivity contribution in [2.75, 3.05) is 20.3 Å². The molecule has 0 aliphatic carbocycles. The number of hydrogen-bond acceptors (Lipinski definition) is 8. The van der Waals surface area contributed by atoms with E-state index in [2.05, 4.69) is 4.98 Å². The van der Waals surface area contributed by atoms with Crippen molar-refractivity contribution in [3.05, 3.63) is 23.0 Å². The van der Waals surface area contributed by atoms with Gasteiger partial charge in [0.1, 0.15) is 18.4 Å². The van der Waals surface area contributed by atoms with Gasteiger partial charge in [-0.2, -0.15) is 0 Å². The molecule has 1 N–H and O–H groups in total. The van der Waals surface area contributed by atoms with Gasteiger partial charge in [-0.25, -0.2) is 4.79 Å². The van der Waals surface area contributed by atoms with Crippen molar-refractivity contribution >= 4 is 17.9 Å². The first kappa shape index (κ1) is 20.9. The van der Waals surface area contributed by atoms with E-state index in [0.717, 1.165) is 0 Å². The normalized spacial score (nSPS) is 21.5. The maximum atomic E-state index is 12.2. The largest absolute Gasteiger partial charge is 0.464 e. The minimum absolute atomic E-state index is 0.132. The van der Waals surface area contributed by atoms with Crippen molar-refractivity contribution in [2.45, 2.75) is 46.2 Å². The fourth-order valence-electron chi connectivity index (χ4n) is 2.76.